The normalized spacial score (nSPS) is 12.4. The molecule has 5 nitrogen and oxygen atoms in total. The maximum atomic E-state index is 10.7. The zero-order valence-corrected chi connectivity index (χ0v) is 11.2. The number of benzene rings is 1. The second-order valence-corrected chi connectivity index (χ2v) is 4.47. The van der Waals surface area contributed by atoms with Crippen molar-refractivity contribution in [2.45, 2.75) is 26.0 Å². The Morgan fingerprint density at radius 3 is 2.89 bits per heavy atom. The number of non-ortho nitro benzene ring substituents is 1. The topological polar surface area (TPSA) is 66.6 Å². The first kappa shape index (κ1) is 15.3. The fourth-order valence-corrected chi connectivity index (χ4v) is 1.84. The summed E-state index contributed by atoms with van der Waals surface area (Å²) in [6, 6.07) is 6.56. The second-order valence-electron chi connectivity index (χ2n) is 4.47. The maximum absolute atomic E-state index is 10.7. The molecule has 0 aromatic heterocycles. The van der Waals surface area contributed by atoms with Gasteiger partial charge in [-0.05, 0) is 12.0 Å². The van der Waals surface area contributed by atoms with Gasteiger partial charge in [0.05, 0.1) is 11.0 Å². The first-order valence-electron chi connectivity index (χ1n) is 6.31. The minimum absolute atomic E-state index is 0.0899. The van der Waals surface area contributed by atoms with Gasteiger partial charge in [0.15, 0.2) is 0 Å². The molecule has 1 aromatic rings. The number of rotatable bonds is 8. The van der Waals surface area contributed by atoms with E-state index in [0.29, 0.717) is 26.1 Å². The summed E-state index contributed by atoms with van der Waals surface area (Å²) < 4.78 is 0. The van der Waals surface area contributed by atoms with Gasteiger partial charge >= 0.3 is 0 Å². The number of hydrogen-bond acceptors (Lipinski definition) is 4. The smallest absolute Gasteiger partial charge is 0.269 e. The molecule has 0 aliphatic rings. The van der Waals surface area contributed by atoms with E-state index >= 15 is 0 Å². The van der Waals surface area contributed by atoms with Crippen LogP contribution in [0.25, 0.3) is 0 Å². The Balaban J connectivity index is 2.75. The molecule has 0 bridgehead atoms. The molecule has 1 aromatic carbocycles. The van der Waals surface area contributed by atoms with Gasteiger partial charge in [0, 0.05) is 31.8 Å². The van der Waals surface area contributed by atoms with Gasteiger partial charge in [-0.1, -0.05) is 25.1 Å². The van der Waals surface area contributed by atoms with Gasteiger partial charge in [0.1, 0.15) is 0 Å². The minimum atomic E-state index is -0.401. The fraction of sp³-hybridized carbons (Fsp3) is 0.429. The molecule has 0 spiro atoms. The molecule has 1 rings (SSSR count). The second kappa shape index (κ2) is 7.66. The van der Waals surface area contributed by atoms with E-state index in [-0.39, 0.29) is 5.69 Å². The standard InChI is InChI=1S/C14H20N2O3/c1-3-8-15(11-14(17)4-2)10-12-6-5-7-13(9-12)16(18)19/h3,5-7,9,14,17H,1,4,8,10-11H2,2H3/t14-/m1/s1. The van der Waals surface area contributed by atoms with Crippen molar-refractivity contribution in [1.82, 2.24) is 4.90 Å². The number of hydrogen-bond donors (Lipinski definition) is 1. The number of aliphatic hydroxyl groups excluding tert-OH is 1. The average molecular weight is 264 g/mol. The molecule has 0 aliphatic heterocycles. The molecule has 0 unspecified atom stereocenters. The van der Waals surface area contributed by atoms with E-state index in [1.54, 1.807) is 18.2 Å². The maximum Gasteiger partial charge on any atom is 0.269 e. The Morgan fingerprint density at radius 1 is 1.58 bits per heavy atom. The van der Waals surface area contributed by atoms with Crippen LogP contribution in [0, 0.1) is 10.1 Å². The SMILES string of the molecule is C=CCN(Cc1cccc([N+](=O)[O-])c1)C[C@H](O)CC. The predicted octanol–water partition coefficient (Wildman–Crippen LogP) is 2.35. The number of nitro benzene ring substituents is 1. The van der Waals surface area contributed by atoms with Crippen LogP contribution in [0.3, 0.4) is 0 Å². The highest BCUT2D eigenvalue weighted by atomic mass is 16.6. The summed E-state index contributed by atoms with van der Waals surface area (Å²) in [5.74, 6) is 0. The molecular weight excluding hydrogens is 244 g/mol. The molecule has 0 saturated heterocycles. The summed E-state index contributed by atoms with van der Waals surface area (Å²) in [6.07, 6.45) is 2.06. The molecule has 1 N–H and O–H groups in total. The molecule has 5 heteroatoms. The summed E-state index contributed by atoms with van der Waals surface area (Å²) in [5.41, 5.74) is 0.950. The van der Waals surface area contributed by atoms with Crippen LogP contribution in [-0.2, 0) is 6.54 Å². The van der Waals surface area contributed by atoms with Gasteiger partial charge in [-0.2, -0.15) is 0 Å². The summed E-state index contributed by atoms with van der Waals surface area (Å²) in [4.78, 5) is 12.3. The van der Waals surface area contributed by atoms with Gasteiger partial charge in [-0.15, -0.1) is 6.58 Å². The van der Waals surface area contributed by atoms with E-state index in [0.717, 1.165) is 5.56 Å². The highest BCUT2D eigenvalue weighted by Gasteiger charge is 2.12. The van der Waals surface area contributed by atoms with Crippen LogP contribution < -0.4 is 0 Å². The highest BCUT2D eigenvalue weighted by Crippen LogP contribution is 2.15. The predicted molar refractivity (Wildman–Crippen MR) is 74.9 cm³/mol. The lowest BCUT2D eigenvalue weighted by atomic mass is 10.1. The molecule has 0 saturated carbocycles. The summed E-state index contributed by atoms with van der Waals surface area (Å²) in [6.45, 7) is 7.34. The lowest BCUT2D eigenvalue weighted by Crippen LogP contribution is -2.31. The minimum Gasteiger partial charge on any atom is -0.392 e. The lowest BCUT2D eigenvalue weighted by molar-refractivity contribution is -0.384. The quantitative estimate of drug-likeness (QED) is 0.444. The Morgan fingerprint density at radius 2 is 2.32 bits per heavy atom. The van der Waals surface area contributed by atoms with Crippen LogP contribution in [0.5, 0.6) is 0 Å². The van der Waals surface area contributed by atoms with Crippen LogP contribution in [0.4, 0.5) is 5.69 Å². The molecule has 0 fully saturated rings. The number of nitrogens with zero attached hydrogens (tertiary/aromatic N) is 2. The van der Waals surface area contributed by atoms with E-state index in [2.05, 4.69) is 6.58 Å². The summed E-state index contributed by atoms with van der Waals surface area (Å²) >= 11 is 0. The first-order valence-corrected chi connectivity index (χ1v) is 6.31. The van der Waals surface area contributed by atoms with Crippen molar-refractivity contribution in [3.63, 3.8) is 0 Å². The van der Waals surface area contributed by atoms with Crippen LogP contribution in [0.2, 0.25) is 0 Å². The van der Waals surface area contributed by atoms with Crippen molar-refractivity contribution in [1.29, 1.82) is 0 Å². The van der Waals surface area contributed by atoms with Crippen LogP contribution >= 0.6 is 0 Å². The van der Waals surface area contributed by atoms with Crippen LogP contribution in [0.15, 0.2) is 36.9 Å². The lowest BCUT2D eigenvalue weighted by Gasteiger charge is -2.23. The largest absolute Gasteiger partial charge is 0.392 e. The van der Waals surface area contributed by atoms with Gasteiger partial charge in [-0.25, -0.2) is 0 Å². The molecular formula is C14H20N2O3. The average Bonchev–Trinajstić information content (AvgIpc) is 2.39. The van der Waals surface area contributed by atoms with Gasteiger partial charge < -0.3 is 5.11 Å². The van der Waals surface area contributed by atoms with Gasteiger partial charge in [-0.3, -0.25) is 15.0 Å². The van der Waals surface area contributed by atoms with E-state index in [1.807, 2.05) is 17.9 Å². The molecule has 0 aliphatic carbocycles. The van der Waals surface area contributed by atoms with Crippen molar-refractivity contribution in [2.24, 2.45) is 0 Å². The monoisotopic (exact) mass is 264 g/mol. The third-order valence-electron chi connectivity index (χ3n) is 2.86. The van der Waals surface area contributed by atoms with Gasteiger partial charge in [0.2, 0.25) is 0 Å². The van der Waals surface area contributed by atoms with Crippen LogP contribution in [0.1, 0.15) is 18.9 Å². The molecule has 19 heavy (non-hydrogen) atoms. The third-order valence-corrected chi connectivity index (χ3v) is 2.86. The van der Waals surface area contributed by atoms with Crippen molar-refractivity contribution in [3.8, 4) is 0 Å². The number of nitro groups is 1. The highest BCUT2D eigenvalue weighted by molar-refractivity contribution is 5.34. The van der Waals surface area contributed by atoms with Crippen LogP contribution in [-0.4, -0.2) is 34.1 Å². The van der Waals surface area contributed by atoms with Crippen molar-refractivity contribution in [2.75, 3.05) is 13.1 Å². The van der Waals surface area contributed by atoms with E-state index in [9.17, 15) is 15.2 Å². The van der Waals surface area contributed by atoms with Crippen molar-refractivity contribution >= 4 is 5.69 Å². The molecule has 1 atom stereocenters. The first-order chi connectivity index (χ1) is 9.06. The zero-order valence-electron chi connectivity index (χ0n) is 11.2. The molecule has 0 radical (unpaired) electrons. The Kier molecular flexibility index (Phi) is 6.18. The summed E-state index contributed by atoms with van der Waals surface area (Å²) in [7, 11) is 0. The fourth-order valence-electron chi connectivity index (χ4n) is 1.84. The Bertz CT molecular complexity index is 434. The zero-order chi connectivity index (χ0) is 14.3. The Hall–Kier alpha value is -1.72. The third kappa shape index (κ3) is 5.19. The van der Waals surface area contributed by atoms with E-state index in [4.69, 9.17) is 0 Å². The molecule has 104 valence electrons. The molecule has 0 heterocycles. The van der Waals surface area contributed by atoms with E-state index < -0.39 is 11.0 Å². The van der Waals surface area contributed by atoms with E-state index in [1.165, 1.54) is 6.07 Å². The van der Waals surface area contributed by atoms with Crippen molar-refractivity contribution in [3.05, 3.63) is 52.6 Å². The van der Waals surface area contributed by atoms with Gasteiger partial charge in [0.25, 0.3) is 5.69 Å². The molecule has 0 amide bonds. The Labute approximate surface area is 113 Å². The van der Waals surface area contributed by atoms with Crippen molar-refractivity contribution < 1.29 is 10.0 Å². The summed E-state index contributed by atoms with van der Waals surface area (Å²) in [5, 5.41) is 20.4. The number of aliphatic hydroxyl groups is 1.